The van der Waals surface area contributed by atoms with Gasteiger partial charge in [0.25, 0.3) is 0 Å². The van der Waals surface area contributed by atoms with Gasteiger partial charge in [-0.25, -0.2) is 0 Å². The van der Waals surface area contributed by atoms with Crippen LogP contribution in [0.1, 0.15) is 18.9 Å². The number of likely N-dealkylation sites (N-methyl/N-ethyl adjacent to an activating group) is 1. The van der Waals surface area contributed by atoms with E-state index in [4.69, 9.17) is 5.73 Å². The van der Waals surface area contributed by atoms with Crippen LogP contribution in [0.4, 0.5) is 5.69 Å². The zero-order valence-electron chi connectivity index (χ0n) is 10.4. The number of benzene rings is 1. The van der Waals surface area contributed by atoms with E-state index >= 15 is 0 Å². The second-order valence-corrected chi connectivity index (χ2v) is 4.37. The van der Waals surface area contributed by atoms with Crippen molar-refractivity contribution in [1.82, 2.24) is 4.90 Å². The molecule has 17 heavy (non-hydrogen) atoms. The number of nitrogen functional groups attached to an aromatic ring is 1. The van der Waals surface area contributed by atoms with E-state index in [2.05, 4.69) is 0 Å². The van der Waals surface area contributed by atoms with Crippen molar-refractivity contribution < 1.29 is 9.90 Å². The number of aliphatic hydroxyl groups is 1. The van der Waals surface area contributed by atoms with Gasteiger partial charge < -0.3 is 15.7 Å². The van der Waals surface area contributed by atoms with E-state index in [1.807, 2.05) is 24.3 Å². The number of carbonyl (C=O) groups excluding carboxylic acids is 1. The molecule has 94 valence electrons. The van der Waals surface area contributed by atoms with E-state index in [-0.39, 0.29) is 5.91 Å². The summed E-state index contributed by atoms with van der Waals surface area (Å²) >= 11 is 0. The number of nitrogens with two attached hydrogens (primary N) is 1. The Labute approximate surface area is 102 Å². The van der Waals surface area contributed by atoms with Crippen LogP contribution >= 0.6 is 0 Å². The molecule has 1 rings (SSSR count). The van der Waals surface area contributed by atoms with Crippen LogP contribution in [0, 0.1) is 0 Å². The molecule has 0 saturated heterocycles. The average molecular weight is 236 g/mol. The molecular weight excluding hydrogens is 216 g/mol. The van der Waals surface area contributed by atoms with Crippen molar-refractivity contribution in [3.8, 4) is 0 Å². The van der Waals surface area contributed by atoms with Gasteiger partial charge in [0, 0.05) is 25.7 Å². The van der Waals surface area contributed by atoms with E-state index in [1.165, 1.54) is 0 Å². The van der Waals surface area contributed by atoms with Gasteiger partial charge in [-0.2, -0.15) is 0 Å². The first-order valence-corrected chi connectivity index (χ1v) is 5.75. The molecule has 0 aliphatic heterocycles. The minimum atomic E-state index is -0.490. The zero-order chi connectivity index (χ0) is 12.8. The van der Waals surface area contributed by atoms with Gasteiger partial charge in [0.1, 0.15) is 0 Å². The first kappa shape index (κ1) is 13.5. The Morgan fingerprint density at radius 3 is 2.82 bits per heavy atom. The second-order valence-electron chi connectivity index (χ2n) is 4.37. The van der Waals surface area contributed by atoms with Crippen molar-refractivity contribution >= 4 is 11.6 Å². The molecule has 1 aromatic rings. The van der Waals surface area contributed by atoms with Crippen LogP contribution in [0.25, 0.3) is 0 Å². The highest BCUT2D eigenvalue weighted by Gasteiger charge is 2.10. The van der Waals surface area contributed by atoms with Crippen LogP contribution < -0.4 is 5.73 Å². The maximum Gasteiger partial charge on any atom is 0.222 e. The van der Waals surface area contributed by atoms with Crippen LogP contribution in [-0.2, 0) is 11.2 Å². The number of anilines is 1. The lowest BCUT2D eigenvalue weighted by Gasteiger charge is -2.18. The van der Waals surface area contributed by atoms with Crippen molar-refractivity contribution in [2.24, 2.45) is 0 Å². The fraction of sp³-hybridized carbons (Fsp3) is 0.462. The van der Waals surface area contributed by atoms with Crippen molar-refractivity contribution in [3.63, 3.8) is 0 Å². The molecule has 0 spiro atoms. The third kappa shape index (κ3) is 4.87. The van der Waals surface area contributed by atoms with Gasteiger partial charge in [-0.3, -0.25) is 4.79 Å². The van der Waals surface area contributed by atoms with Gasteiger partial charge >= 0.3 is 0 Å². The molecule has 0 bridgehead atoms. The zero-order valence-corrected chi connectivity index (χ0v) is 10.4. The van der Waals surface area contributed by atoms with Crippen molar-refractivity contribution in [3.05, 3.63) is 29.8 Å². The standard InChI is InChI=1S/C13H20N2O2/c1-10(16)9-15(2)13(17)7-6-11-4-3-5-12(14)8-11/h3-5,8,10,16H,6-7,9,14H2,1-2H3. The number of hydrogen-bond acceptors (Lipinski definition) is 3. The minimum absolute atomic E-state index is 0.0355. The maximum atomic E-state index is 11.7. The fourth-order valence-corrected chi connectivity index (χ4v) is 1.69. The Hall–Kier alpha value is -1.55. The lowest BCUT2D eigenvalue weighted by molar-refractivity contribution is -0.131. The number of amides is 1. The van der Waals surface area contributed by atoms with Gasteiger partial charge in [0.2, 0.25) is 5.91 Å². The molecule has 1 aromatic carbocycles. The Morgan fingerprint density at radius 1 is 1.53 bits per heavy atom. The molecule has 3 N–H and O–H groups in total. The van der Waals surface area contributed by atoms with E-state index in [1.54, 1.807) is 18.9 Å². The van der Waals surface area contributed by atoms with Gasteiger partial charge in [-0.1, -0.05) is 12.1 Å². The Bertz CT molecular complexity index is 377. The average Bonchev–Trinajstić information content (AvgIpc) is 2.25. The van der Waals surface area contributed by atoms with Crippen molar-refractivity contribution in [2.45, 2.75) is 25.9 Å². The summed E-state index contributed by atoms with van der Waals surface area (Å²) in [7, 11) is 1.70. The Balaban J connectivity index is 2.43. The highest BCUT2D eigenvalue weighted by molar-refractivity contribution is 5.76. The maximum absolute atomic E-state index is 11.7. The molecule has 0 radical (unpaired) electrons. The number of hydrogen-bond donors (Lipinski definition) is 2. The van der Waals surface area contributed by atoms with Crippen LogP contribution in [-0.4, -0.2) is 35.6 Å². The number of rotatable bonds is 5. The monoisotopic (exact) mass is 236 g/mol. The third-order valence-corrected chi connectivity index (χ3v) is 2.54. The molecule has 4 heteroatoms. The normalized spacial score (nSPS) is 12.2. The summed E-state index contributed by atoms with van der Waals surface area (Å²) in [6.45, 7) is 2.04. The van der Waals surface area contributed by atoms with E-state index < -0.39 is 6.10 Å². The molecule has 4 nitrogen and oxygen atoms in total. The first-order chi connectivity index (χ1) is 7.99. The summed E-state index contributed by atoms with van der Waals surface area (Å²) in [4.78, 5) is 13.3. The third-order valence-electron chi connectivity index (χ3n) is 2.54. The van der Waals surface area contributed by atoms with Gasteiger partial charge in [0.15, 0.2) is 0 Å². The first-order valence-electron chi connectivity index (χ1n) is 5.75. The highest BCUT2D eigenvalue weighted by Crippen LogP contribution is 2.09. The summed E-state index contributed by atoms with van der Waals surface area (Å²) in [6.07, 6.45) is 0.622. The molecule has 1 amide bonds. The summed E-state index contributed by atoms with van der Waals surface area (Å²) in [6, 6.07) is 7.54. The van der Waals surface area contributed by atoms with E-state index in [0.29, 0.717) is 25.1 Å². The number of nitrogens with zero attached hydrogens (tertiary/aromatic N) is 1. The van der Waals surface area contributed by atoms with Gasteiger partial charge in [-0.05, 0) is 31.0 Å². The minimum Gasteiger partial charge on any atom is -0.399 e. The van der Waals surface area contributed by atoms with E-state index in [9.17, 15) is 9.90 Å². The van der Waals surface area contributed by atoms with Gasteiger partial charge in [0.05, 0.1) is 6.10 Å². The lowest BCUT2D eigenvalue weighted by Crippen LogP contribution is -2.33. The molecule has 1 atom stereocenters. The molecule has 0 heterocycles. The Kier molecular flexibility index (Phi) is 4.97. The fourth-order valence-electron chi connectivity index (χ4n) is 1.69. The second kappa shape index (κ2) is 6.25. The summed E-state index contributed by atoms with van der Waals surface area (Å²) in [5.41, 5.74) is 7.44. The molecule has 1 unspecified atom stereocenters. The van der Waals surface area contributed by atoms with Gasteiger partial charge in [-0.15, -0.1) is 0 Å². The van der Waals surface area contributed by atoms with Crippen molar-refractivity contribution in [1.29, 1.82) is 0 Å². The summed E-state index contributed by atoms with van der Waals surface area (Å²) in [5.74, 6) is 0.0355. The van der Waals surface area contributed by atoms with Crippen LogP contribution in [0.15, 0.2) is 24.3 Å². The predicted molar refractivity (Wildman–Crippen MR) is 68.5 cm³/mol. The largest absolute Gasteiger partial charge is 0.399 e. The molecule has 0 saturated carbocycles. The van der Waals surface area contributed by atoms with Crippen LogP contribution in [0.2, 0.25) is 0 Å². The summed E-state index contributed by atoms with van der Waals surface area (Å²) in [5, 5.41) is 9.18. The number of carbonyl (C=O) groups is 1. The predicted octanol–water partition coefficient (Wildman–Crippen LogP) is 1.04. The smallest absolute Gasteiger partial charge is 0.222 e. The lowest BCUT2D eigenvalue weighted by atomic mass is 10.1. The highest BCUT2D eigenvalue weighted by atomic mass is 16.3. The Morgan fingerprint density at radius 2 is 2.24 bits per heavy atom. The number of aryl methyl sites for hydroxylation is 1. The summed E-state index contributed by atoms with van der Waals surface area (Å²) < 4.78 is 0. The number of aliphatic hydroxyl groups excluding tert-OH is 1. The van der Waals surface area contributed by atoms with Crippen LogP contribution in [0.3, 0.4) is 0 Å². The topological polar surface area (TPSA) is 66.6 Å². The van der Waals surface area contributed by atoms with Crippen molar-refractivity contribution in [2.75, 3.05) is 19.3 Å². The molecule has 0 aliphatic carbocycles. The quantitative estimate of drug-likeness (QED) is 0.751. The molecular formula is C13H20N2O2. The molecule has 0 aliphatic rings. The SMILES string of the molecule is CC(O)CN(C)C(=O)CCc1cccc(N)c1. The molecule has 0 fully saturated rings. The van der Waals surface area contributed by atoms with E-state index in [0.717, 1.165) is 5.56 Å². The molecule has 0 aromatic heterocycles. The van der Waals surface area contributed by atoms with Crippen LogP contribution in [0.5, 0.6) is 0 Å².